The van der Waals surface area contributed by atoms with Crippen LogP contribution in [0.15, 0.2) is 12.3 Å². The van der Waals surface area contributed by atoms with Crippen molar-refractivity contribution in [1.29, 1.82) is 0 Å². The van der Waals surface area contributed by atoms with Crippen molar-refractivity contribution < 1.29 is 14.6 Å². The van der Waals surface area contributed by atoms with Gasteiger partial charge in [-0.25, -0.2) is 0 Å². The number of pyridine rings is 1. The van der Waals surface area contributed by atoms with Gasteiger partial charge in [-0.05, 0) is 23.6 Å². The Bertz CT molecular complexity index is 399. The largest absolute Gasteiger partial charge is 0.392 e. The summed E-state index contributed by atoms with van der Waals surface area (Å²) in [7, 11) is 0. The number of rotatable bonds is 1. The molecule has 1 unspecified atom stereocenters. The van der Waals surface area contributed by atoms with Gasteiger partial charge in [-0.1, -0.05) is 0 Å². The molecule has 4 nitrogen and oxygen atoms in total. The zero-order valence-corrected chi connectivity index (χ0v) is 9.11. The number of ether oxygens (including phenoxy) is 2. The van der Waals surface area contributed by atoms with Gasteiger partial charge >= 0.3 is 0 Å². The number of hydrogen-bond acceptors (Lipinski definition) is 4. The second-order valence-electron chi connectivity index (χ2n) is 4.35. The summed E-state index contributed by atoms with van der Waals surface area (Å²) in [6.45, 7) is 2.07. The fourth-order valence-electron chi connectivity index (χ4n) is 2.62. The average Bonchev–Trinajstić information content (AvgIpc) is 2.78. The molecule has 1 aromatic rings. The zero-order chi connectivity index (χ0) is 11.0. The highest BCUT2D eigenvalue weighted by atomic mass is 16.6. The Kier molecular flexibility index (Phi) is 2.42. The summed E-state index contributed by atoms with van der Waals surface area (Å²) in [4.78, 5) is 4.45. The molecule has 0 bridgehead atoms. The summed E-state index contributed by atoms with van der Waals surface area (Å²) < 4.78 is 11.3. The van der Waals surface area contributed by atoms with Crippen LogP contribution in [0, 0.1) is 0 Å². The lowest BCUT2D eigenvalue weighted by atomic mass is 9.88. The molecule has 1 N–H and O–H groups in total. The van der Waals surface area contributed by atoms with Crippen molar-refractivity contribution in [3.05, 3.63) is 29.1 Å². The van der Waals surface area contributed by atoms with Crippen LogP contribution < -0.4 is 0 Å². The van der Waals surface area contributed by atoms with Crippen molar-refractivity contribution in [3.8, 4) is 0 Å². The summed E-state index contributed by atoms with van der Waals surface area (Å²) in [5.41, 5.74) is 2.75. The number of hydrogen-bond donors (Lipinski definition) is 1. The molecule has 4 heteroatoms. The van der Waals surface area contributed by atoms with E-state index in [9.17, 15) is 5.11 Å². The van der Waals surface area contributed by atoms with Gasteiger partial charge < -0.3 is 14.6 Å². The molecule has 2 aliphatic rings. The molecule has 1 atom stereocenters. The first-order valence-electron chi connectivity index (χ1n) is 5.65. The van der Waals surface area contributed by atoms with E-state index >= 15 is 0 Å². The van der Waals surface area contributed by atoms with Crippen molar-refractivity contribution >= 4 is 0 Å². The lowest BCUT2D eigenvalue weighted by Gasteiger charge is -2.34. The second kappa shape index (κ2) is 3.80. The molecule has 16 heavy (non-hydrogen) atoms. The third-order valence-electron chi connectivity index (χ3n) is 3.47. The van der Waals surface area contributed by atoms with Crippen LogP contribution in [-0.4, -0.2) is 29.9 Å². The molecular formula is C12H15NO3. The third-order valence-corrected chi connectivity index (χ3v) is 3.47. The highest BCUT2D eigenvalue weighted by Gasteiger charge is 2.43. The van der Waals surface area contributed by atoms with Gasteiger partial charge in [-0.2, -0.15) is 0 Å². The lowest BCUT2D eigenvalue weighted by molar-refractivity contribution is -0.0668. The quantitative estimate of drug-likeness (QED) is 0.760. The Hall–Kier alpha value is -0.970. The Morgan fingerprint density at radius 3 is 3.12 bits per heavy atom. The molecule has 1 spiro atoms. The molecule has 1 aromatic heterocycles. The standard InChI is InChI=1S/C12H15NO3/c14-7-9-1-4-13-11-10(9)2-5-16-12(11)3-6-15-8-12/h1,4,14H,2-3,5-8H2. The van der Waals surface area contributed by atoms with Crippen LogP contribution in [0.1, 0.15) is 23.2 Å². The molecule has 0 amide bonds. The van der Waals surface area contributed by atoms with Gasteiger partial charge in [-0.15, -0.1) is 0 Å². The highest BCUT2D eigenvalue weighted by molar-refractivity contribution is 5.35. The van der Waals surface area contributed by atoms with Crippen molar-refractivity contribution in [3.63, 3.8) is 0 Å². The van der Waals surface area contributed by atoms with Gasteiger partial charge in [-0.3, -0.25) is 4.98 Å². The van der Waals surface area contributed by atoms with E-state index in [4.69, 9.17) is 9.47 Å². The number of nitrogens with zero attached hydrogens (tertiary/aromatic N) is 1. The van der Waals surface area contributed by atoms with Crippen molar-refractivity contribution in [2.24, 2.45) is 0 Å². The van der Waals surface area contributed by atoms with E-state index in [0.29, 0.717) is 13.2 Å². The molecule has 0 radical (unpaired) electrons. The minimum Gasteiger partial charge on any atom is -0.392 e. The SMILES string of the molecule is OCc1ccnc2c1CCOC21CCOC1. The summed E-state index contributed by atoms with van der Waals surface area (Å²) in [6, 6.07) is 1.88. The number of aliphatic hydroxyl groups excluding tert-OH is 1. The predicted octanol–water partition coefficient (Wildman–Crippen LogP) is 0.762. The predicted molar refractivity (Wildman–Crippen MR) is 56.9 cm³/mol. The van der Waals surface area contributed by atoms with Crippen LogP contribution in [-0.2, 0) is 28.1 Å². The van der Waals surface area contributed by atoms with Crippen LogP contribution in [0.4, 0.5) is 0 Å². The first-order valence-corrected chi connectivity index (χ1v) is 5.65. The van der Waals surface area contributed by atoms with Crippen LogP contribution in [0.5, 0.6) is 0 Å². The first kappa shape index (κ1) is 10.2. The topological polar surface area (TPSA) is 51.6 Å². The minimum atomic E-state index is -0.348. The number of aliphatic hydroxyl groups is 1. The summed E-state index contributed by atoms with van der Waals surface area (Å²) in [6.07, 6.45) is 3.45. The Labute approximate surface area is 94.2 Å². The monoisotopic (exact) mass is 221 g/mol. The maximum Gasteiger partial charge on any atom is 0.136 e. The fraction of sp³-hybridized carbons (Fsp3) is 0.583. The molecule has 3 heterocycles. The van der Waals surface area contributed by atoms with Crippen molar-refractivity contribution in [1.82, 2.24) is 4.98 Å². The van der Waals surface area contributed by atoms with Gasteiger partial charge in [0.25, 0.3) is 0 Å². The van der Waals surface area contributed by atoms with Crippen molar-refractivity contribution in [2.75, 3.05) is 19.8 Å². The highest BCUT2D eigenvalue weighted by Crippen LogP contribution is 2.39. The molecule has 0 aliphatic carbocycles. The zero-order valence-electron chi connectivity index (χ0n) is 9.11. The van der Waals surface area contributed by atoms with E-state index in [-0.39, 0.29) is 12.2 Å². The summed E-state index contributed by atoms with van der Waals surface area (Å²) in [5.74, 6) is 0. The molecule has 3 rings (SSSR count). The van der Waals surface area contributed by atoms with Gasteiger partial charge in [0, 0.05) is 19.2 Å². The Morgan fingerprint density at radius 2 is 2.38 bits per heavy atom. The summed E-state index contributed by atoms with van der Waals surface area (Å²) >= 11 is 0. The molecule has 2 aliphatic heterocycles. The van der Waals surface area contributed by atoms with Gasteiger partial charge in [0.1, 0.15) is 5.60 Å². The Balaban J connectivity index is 2.11. The molecule has 0 saturated carbocycles. The molecular weight excluding hydrogens is 206 g/mol. The molecule has 1 fully saturated rings. The fourth-order valence-corrected chi connectivity index (χ4v) is 2.62. The molecule has 1 saturated heterocycles. The maximum atomic E-state index is 9.32. The Morgan fingerprint density at radius 1 is 1.44 bits per heavy atom. The second-order valence-corrected chi connectivity index (χ2v) is 4.35. The molecule has 86 valence electrons. The van der Waals surface area contributed by atoms with Gasteiger partial charge in [0.15, 0.2) is 0 Å². The maximum absolute atomic E-state index is 9.32. The third kappa shape index (κ3) is 1.38. The number of fused-ring (bicyclic) bond motifs is 2. The van der Waals surface area contributed by atoms with Gasteiger partial charge in [0.05, 0.1) is 25.5 Å². The van der Waals surface area contributed by atoms with Crippen molar-refractivity contribution in [2.45, 2.75) is 25.0 Å². The van der Waals surface area contributed by atoms with E-state index in [1.165, 1.54) is 0 Å². The van der Waals surface area contributed by atoms with E-state index in [2.05, 4.69) is 4.98 Å². The first-order chi connectivity index (χ1) is 7.86. The molecule has 0 aromatic carbocycles. The van der Waals surface area contributed by atoms with E-state index < -0.39 is 0 Å². The minimum absolute atomic E-state index is 0.0712. The van der Waals surface area contributed by atoms with Gasteiger partial charge in [0.2, 0.25) is 0 Å². The number of aromatic nitrogens is 1. The smallest absolute Gasteiger partial charge is 0.136 e. The van der Waals surface area contributed by atoms with Crippen LogP contribution in [0.3, 0.4) is 0 Å². The van der Waals surface area contributed by atoms with Crippen LogP contribution in [0.25, 0.3) is 0 Å². The van der Waals surface area contributed by atoms with Crippen LogP contribution >= 0.6 is 0 Å². The average molecular weight is 221 g/mol. The van der Waals surface area contributed by atoms with E-state index in [1.807, 2.05) is 6.07 Å². The van der Waals surface area contributed by atoms with E-state index in [0.717, 1.165) is 36.3 Å². The summed E-state index contributed by atoms with van der Waals surface area (Å²) in [5, 5.41) is 9.32. The van der Waals surface area contributed by atoms with Crippen LogP contribution in [0.2, 0.25) is 0 Å². The normalized spacial score (nSPS) is 28.3. The lowest BCUT2D eigenvalue weighted by Crippen LogP contribution is -2.37. The van der Waals surface area contributed by atoms with E-state index in [1.54, 1.807) is 6.20 Å².